The van der Waals surface area contributed by atoms with Gasteiger partial charge in [-0.05, 0) is 37.0 Å². The van der Waals surface area contributed by atoms with E-state index in [9.17, 15) is 9.59 Å². The average Bonchev–Trinajstić information content (AvgIpc) is 3.21. The summed E-state index contributed by atoms with van der Waals surface area (Å²) in [5, 5.41) is 0. The molecule has 25 heavy (non-hydrogen) atoms. The third-order valence-electron chi connectivity index (χ3n) is 4.88. The molecule has 1 atom stereocenters. The number of likely N-dealkylation sites (tertiary alicyclic amines) is 1. The van der Waals surface area contributed by atoms with Crippen LogP contribution in [-0.4, -0.2) is 28.0 Å². The molecule has 0 radical (unpaired) electrons. The predicted octanol–water partition coefficient (Wildman–Crippen LogP) is 2.83. The van der Waals surface area contributed by atoms with Crippen molar-refractivity contribution in [3.05, 3.63) is 70.7 Å². The van der Waals surface area contributed by atoms with E-state index in [1.807, 2.05) is 35.2 Å². The normalized spacial score (nSPS) is 17.3. The predicted molar refractivity (Wildman–Crippen MR) is 95.4 cm³/mol. The Morgan fingerprint density at radius 2 is 1.84 bits per heavy atom. The van der Waals surface area contributed by atoms with Gasteiger partial charge in [-0.25, -0.2) is 4.79 Å². The van der Waals surface area contributed by atoms with Crippen LogP contribution < -0.4 is 5.76 Å². The summed E-state index contributed by atoms with van der Waals surface area (Å²) >= 11 is 0. The summed E-state index contributed by atoms with van der Waals surface area (Å²) in [6.45, 7) is 0.780. The zero-order valence-corrected chi connectivity index (χ0v) is 13.9. The standard InChI is InChI=1S/C20H20N2O3/c23-19(14-22-17-10-4-5-11-18(17)25-20(22)24)21-12-6-9-16(21)13-15-7-2-1-3-8-15/h1-5,7-8,10-11,16H,6,9,12-14H2/t16-/m0/s1. The molecular formula is C20H20N2O3. The van der Waals surface area contributed by atoms with Crippen molar-refractivity contribution in [3.63, 3.8) is 0 Å². The molecule has 2 heterocycles. The van der Waals surface area contributed by atoms with Crippen LogP contribution in [0, 0.1) is 0 Å². The summed E-state index contributed by atoms with van der Waals surface area (Å²) in [7, 11) is 0. The van der Waals surface area contributed by atoms with Crippen molar-refractivity contribution >= 4 is 17.0 Å². The number of rotatable bonds is 4. The topological polar surface area (TPSA) is 55.5 Å². The van der Waals surface area contributed by atoms with E-state index in [2.05, 4.69) is 12.1 Å². The maximum absolute atomic E-state index is 12.8. The summed E-state index contributed by atoms with van der Waals surface area (Å²) in [6, 6.07) is 17.6. The molecule has 0 aliphatic carbocycles. The van der Waals surface area contributed by atoms with Gasteiger partial charge in [0.2, 0.25) is 5.91 Å². The first-order valence-corrected chi connectivity index (χ1v) is 8.64. The summed E-state index contributed by atoms with van der Waals surface area (Å²) in [6.07, 6.45) is 2.86. The number of fused-ring (bicyclic) bond motifs is 1. The second-order valence-electron chi connectivity index (χ2n) is 6.49. The van der Waals surface area contributed by atoms with Crippen molar-refractivity contribution in [1.82, 2.24) is 9.47 Å². The van der Waals surface area contributed by atoms with Crippen molar-refractivity contribution in [2.45, 2.75) is 31.8 Å². The number of hydrogen-bond acceptors (Lipinski definition) is 3. The molecular weight excluding hydrogens is 316 g/mol. The molecule has 0 spiro atoms. The molecule has 1 fully saturated rings. The Kier molecular flexibility index (Phi) is 4.14. The molecule has 2 aromatic carbocycles. The summed E-state index contributed by atoms with van der Waals surface area (Å²) in [5.74, 6) is -0.500. The molecule has 4 rings (SSSR count). The lowest BCUT2D eigenvalue weighted by Crippen LogP contribution is -2.40. The highest BCUT2D eigenvalue weighted by atomic mass is 16.4. The summed E-state index contributed by atoms with van der Waals surface area (Å²) in [4.78, 5) is 26.8. The smallest absolute Gasteiger partial charge is 0.408 e. The lowest BCUT2D eigenvalue weighted by Gasteiger charge is -2.25. The van der Waals surface area contributed by atoms with Crippen LogP contribution in [-0.2, 0) is 17.8 Å². The fourth-order valence-corrected chi connectivity index (χ4v) is 3.65. The number of para-hydroxylation sites is 2. The molecule has 0 unspecified atom stereocenters. The number of hydrogen-bond donors (Lipinski definition) is 0. The van der Waals surface area contributed by atoms with Crippen LogP contribution in [0.1, 0.15) is 18.4 Å². The van der Waals surface area contributed by atoms with Gasteiger partial charge in [-0.1, -0.05) is 42.5 Å². The zero-order chi connectivity index (χ0) is 17.2. The second kappa shape index (κ2) is 6.59. The maximum atomic E-state index is 12.8. The number of nitrogens with zero attached hydrogens (tertiary/aromatic N) is 2. The monoisotopic (exact) mass is 336 g/mol. The average molecular weight is 336 g/mol. The highest BCUT2D eigenvalue weighted by Gasteiger charge is 2.29. The third kappa shape index (κ3) is 3.09. The summed E-state index contributed by atoms with van der Waals surface area (Å²) in [5.41, 5.74) is 2.42. The van der Waals surface area contributed by atoms with Crippen molar-refractivity contribution in [2.75, 3.05) is 6.54 Å². The van der Waals surface area contributed by atoms with Crippen molar-refractivity contribution in [2.24, 2.45) is 0 Å². The van der Waals surface area contributed by atoms with Crippen LogP contribution >= 0.6 is 0 Å². The Morgan fingerprint density at radius 1 is 1.08 bits per heavy atom. The Morgan fingerprint density at radius 3 is 2.68 bits per heavy atom. The summed E-state index contributed by atoms with van der Waals surface area (Å²) < 4.78 is 6.65. The lowest BCUT2D eigenvalue weighted by atomic mass is 10.0. The quantitative estimate of drug-likeness (QED) is 0.736. The van der Waals surface area contributed by atoms with Gasteiger partial charge in [-0.2, -0.15) is 0 Å². The second-order valence-corrected chi connectivity index (χ2v) is 6.49. The van der Waals surface area contributed by atoms with Gasteiger partial charge >= 0.3 is 5.76 Å². The number of carbonyl (C=O) groups is 1. The molecule has 3 aromatic rings. The molecule has 5 nitrogen and oxygen atoms in total. The Bertz CT molecular complexity index is 942. The Hall–Kier alpha value is -2.82. The molecule has 128 valence electrons. The van der Waals surface area contributed by atoms with Gasteiger partial charge in [0.05, 0.1) is 5.52 Å². The molecule has 1 aliphatic heterocycles. The third-order valence-corrected chi connectivity index (χ3v) is 4.88. The van der Waals surface area contributed by atoms with E-state index in [1.54, 1.807) is 12.1 Å². The fraction of sp³-hybridized carbons (Fsp3) is 0.300. The first-order valence-electron chi connectivity index (χ1n) is 8.64. The van der Waals surface area contributed by atoms with Crippen molar-refractivity contribution in [1.29, 1.82) is 0 Å². The van der Waals surface area contributed by atoms with Crippen LogP contribution in [0.25, 0.3) is 11.1 Å². The minimum atomic E-state index is -0.478. The fourth-order valence-electron chi connectivity index (χ4n) is 3.65. The first kappa shape index (κ1) is 15.7. The van der Waals surface area contributed by atoms with Gasteiger partial charge in [0, 0.05) is 12.6 Å². The largest absolute Gasteiger partial charge is 0.420 e. The first-order chi connectivity index (χ1) is 12.2. The van der Waals surface area contributed by atoms with Crippen LogP contribution in [0.15, 0.2) is 63.8 Å². The van der Waals surface area contributed by atoms with Crippen molar-refractivity contribution in [3.8, 4) is 0 Å². The Balaban J connectivity index is 1.53. The molecule has 1 saturated heterocycles. The van der Waals surface area contributed by atoms with Gasteiger partial charge in [-0.3, -0.25) is 9.36 Å². The molecule has 0 saturated carbocycles. The van der Waals surface area contributed by atoms with Gasteiger partial charge in [0.25, 0.3) is 0 Å². The van der Waals surface area contributed by atoms with Gasteiger partial charge in [0.15, 0.2) is 5.58 Å². The van der Waals surface area contributed by atoms with E-state index >= 15 is 0 Å². The maximum Gasteiger partial charge on any atom is 0.420 e. The van der Waals surface area contributed by atoms with Gasteiger partial charge in [0.1, 0.15) is 6.54 Å². The van der Waals surface area contributed by atoms with Crippen LogP contribution in [0.2, 0.25) is 0 Å². The number of carbonyl (C=O) groups excluding carboxylic acids is 1. The van der Waals surface area contributed by atoms with Crippen molar-refractivity contribution < 1.29 is 9.21 Å². The van der Waals surface area contributed by atoms with Crippen LogP contribution in [0.5, 0.6) is 0 Å². The van der Waals surface area contributed by atoms with E-state index in [0.29, 0.717) is 11.1 Å². The van der Waals surface area contributed by atoms with E-state index < -0.39 is 5.76 Å². The number of benzene rings is 2. The lowest BCUT2D eigenvalue weighted by molar-refractivity contribution is -0.132. The minimum absolute atomic E-state index is 0.0212. The molecule has 0 N–H and O–H groups in total. The molecule has 1 amide bonds. The van der Waals surface area contributed by atoms with Crippen LogP contribution in [0.4, 0.5) is 0 Å². The number of aromatic nitrogens is 1. The highest BCUT2D eigenvalue weighted by Crippen LogP contribution is 2.22. The highest BCUT2D eigenvalue weighted by molar-refractivity contribution is 5.80. The zero-order valence-electron chi connectivity index (χ0n) is 13.9. The van der Waals surface area contributed by atoms with E-state index in [1.165, 1.54) is 10.1 Å². The van der Waals surface area contributed by atoms with Gasteiger partial charge in [-0.15, -0.1) is 0 Å². The van der Waals surface area contributed by atoms with Gasteiger partial charge < -0.3 is 9.32 Å². The SMILES string of the molecule is O=C(Cn1c(=O)oc2ccccc21)N1CCC[C@H]1Cc1ccccc1. The van der Waals surface area contributed by atoms with E-state index in [-0.39, 0.29) is 18.5 Å². The molecule has 1 aliphatic rings. The van der Waals surface area contributed by atoms with E-state index in [4.69, 9.17) is 4.42 Å². The number of oxazole rings is 1. The minimum Gasteiger partial charge on any atom is -0.408 e. The molecule has 1 aromatic heterocycles. The molecule has 5 heteroatoms. The molecule has 0 bridgehead atoms. The van der Waals surface area contributed by atoms with Crippen LogP contribution in [0.3, 0.4) is 0 Å². The van der Waals surface area contributed by atoms with E-state index in [0.717, 1.165) is 25.8 Å². The number of amides is 1. The Labute approximate surface area is 145 Å².